The molecule has 1 saturated heterocycles. The van der Waals surface area contributed by atoms with Crippen molar-refractivity contribution in [1.29, 1.82) is 0 Å². The van der Waals surface area contributed by atoms with Gasteiger partial charge in [-0.1, -0.05) is 6.92 Å². The highest BCUT2D eigenvalue weighted by Gasteiger charge is 2.24. The quantitative estimate of drug-likeness (QED) is 0.655. The topological polar surface area (TPSA) is 75.2 Å². The van der Waals surface area contributed by atoms with Gasteiger partial charge in [0.1, 0.15) is 16.2 Å². The molecule has 0 saturated carbocycles. The lowest BCUT2D eigenvalue weighted by Gasteiger charge is -2.26. The fourth-order valence-corrected chi connectivity index (χ4v) is 2.16. The number of nitrogens with zero attached hydrogens (tertiary/aromatic N) is 3. The number of halogens is 1. The number of hydrogen-bond donors (Lipinski definition) is 1. The Morgan fingerprint density at radius 1 is 1.33 bits per heavy atom. The molecule has 0 bridgehead atoms. The Labute approximate surface area is 113 Å². The normalized spacial score (nSPS) is 15.8. The Bertz CT molecular complexity index is 476. The number of imide groups is 1. The molecule has 1 aliphatic heterocycles. The number of nitrogens with one attached hydrogen (secondary N) is 1. The maximum absolute atomic E-state index is 11.3. The lowest BCUT2D eigenvalue weighted by Crippen LogP contribution is -2.51. The average molecular weight is 313 g/mol. The van der Waals surface area contributed by atoms with E-state index in [1.165, 1.54) is 0 Å². The molecule has 6 nitrogen and oxygen atoms in total. The van der Waals surface area contributed by atoms with Gasteiger partial charge in [0.2, 0.25) is 11.8 Å². The molecule has 1 N–H and O–H groups in total. The molecule has 0 aromatic carbocycles. The summed E-state index contributed by atoms with van der Waals surface area (Å²) in [6.07, 6.45) is 1.70. The number of carbonyl (C=O) groups is 2. The number of aromatic nitrogens is 2. The van der Waals surface area contributed by atoms with Crippen molar-refractivity contribution in [3.05, 3.63) is 16.5 Å². The molecular formula is C11H13BrN4O2. The van der Waals surface area contributed by atoms with Crippen LogP contribution in [-0.4, -0.2) is 34.9 Å². The first kappa shape index (κ1) is 12.9. The second kappa shape index (κ2) is 5.43. The van der Waals surface area contributed by atoms with Gasteiger partial charge in [0.05, 0.1) is 13.1 Å². The van der Waals surface area contributed by atoms with Crippen molar-refractivity contribution in [3.63, 3.8) is 0 Å². The fraction of sp³-hybridized carbons (Fsp3) is 0.455. The molecule has 18 heavy (non-hydrogen) atoms. The highest BCUT2D eigenvalue weighted by Crippen LogP contribution is 2.18. The van der Waals surface area contributed by atoms with Crippen LogP contribution in [0.1, 0.15) is 19.2 Å². The van der Waals surface area contributed by atoms with Gasteiger partial charge in [0.25, 0.3) is 0 Å². The van der Waals surface area contributed by atoms with Gasteiger partial charge < -0.3 is 4.90 Å². The standard InChI is InChI=1S/C11H13BrN4O2/c1-2-3-8-13-7(12)4-9(14-8)16-5-10(17)15-11(18)6-16/h4H,2-3,5-6H2,1H3,(H,15,17,18). The Morgan fingerprint density at radius 2 is 2.00 bits per heavy atom. The predicted octanol–water partition coefficient (Wildman–Crippen LogP) is 0.654. The van der Waals surface area contributed by atoms with Crippen LogP contribution in [0.15, 0.2) is 10.7 Å². The molecule has 1 aromatic rings. The number of rotatable bonds is 3. The summed E-state index contributed by atoms with van der Waals surface area (Å²) in [7, 11) is 0. The molecule has 0 aliphatic carbocycles. The monoisotopic (exact) mass is 312 g/mol. The summed E-state index contributed by atoms with van der Waals surface area (Å²) in [4.78, 5) is 32.9. The number of anilines is 1. The summed E-state index contributed by atoms with van der Waals surface area (Å²) in [5.74, 6) is 0.694. The van der Waals surface area contributed by atoms with Crippen LogP contribution >= 0.6 is 15.9 Å². The van der Waals surface area contributed by atoms with E-state index in [-0.39, 0.29) is 24.9 Å². The largest absolute Gasteiger partial charge is 0.338 e. The highest BCUT2D eigenvalue weighted by atomic mass is 79.9. The van der Waals surface area contributed by atoms with Gasteiger partial charge in [-0.3, -0.25) is 14.9 Å². The lowest BCUT2D eigenvalue weighted by atomic mass is 10.3. The minimum atomic E-state index is -0.307. The van der Waals surface area contributed by atoms with Gasteiger partial charge in [-0.15, -0.1) is 0 Å². The Morgan fingerprint density at radius 3 is 2.61 bits per heavy atom. The summed E-state index contributed by atoms with van der Waals surface area (Å²) < 4.78 is 0.661. The third-order valence-electron chi connectivity index (χ3n) is 2.47. The minimum absolute atomic E-state index is 0.140. The zero-order valence-corrected chi connectivity index (χ0v) is 11.5. The zero-order valence-electron chi connectivity index (χ0n) is 9.94. The van der Waals surface area contributed by atoms with Crippen molar-refractivity contribution in [2.45, 2.75) is 19.8 Å². The van der Waals surface area contributed by atoms with E-state index in [0.29, 0.717) is 16.2 Å². The van der Waals surface area contributed by atoms with Crippen molar-refractivity contribution in [2.24, 2.45) is 0 Å². The van der Waals surface area contributed by atoms with Crippen LogP contribution in [0.5, 0.6) is 0 Å². The Balaban J connectivity index is 2.26. The van der Waals surface area contributed by atoms with Crippen molar-refractivity contribution < 1.29 is 9.59 Å². The third-order valence-corrected chi connectivity index (χ3v) is 2.88. The van der Waals surface area contributed by atoms with E-state index in [9.17, 15) is 9.59 Å². The van der Waals surface area contributed by atoms with E-state index >= 15 is 0 Å². The molecule has 2 heterocycles. The van der Waals surface area contributed by atoms with Crippen LogP contribution in [0.3, 0.4) is 0 Å². The minimum Gasteiger partial charge on any atom is -0.338 e. The molecule has 1 fully saturated rings. The number of piperazine rings is 1. The Kier molecular flexibility index (Phi) is 3.90. The summed E-state index contributed by atoms with van der Waals surface area (Å²) in [6.45, 7) is 2.32. The van der Waals surface area contributed by atoms with Gasteiger partial charge in [-0.05, 0) is 22.4 Å². The van der Waals surface area contributed by atoms with E-state index in [2.05, 4.69) is 31.2 Å². The van der Waals surface area contributed by atoms with Crippen molar-refractivity contribution >= 4 is 33.6 Å². The van der Waals surface area contributed by atoms with E-state index in [0.717, 1.165) is 12.8 Å². The third kappa shape index (κ3) is 3.04. The van der Waals surface area contributed by atoms with E-state index in [4.69, 9.17) is 0 Å². The van der Waals surface area contributed by atoms with Crippen LogP contribution < -0.4 is 10.2 Å². The van der Waals surface area contributed by atoms with E-state index < -0.39 is 0 Å². The molecular weight excluding hydrogens is 300 g/mol. The molecule has 1 aliphatic rings. The SMILES string of the molecule is CCCc1nc(Br)cc(N2CC(=O)NC(=O)C2)n1. The van der Waals surface area contributed by atoms with Crippen molar-refractivity contribution in [1.82, 2.24) is 15.3 Å². The maximum atomic E-state index is 11.3. The molecule has 0 radical (unpaired) electrons. The predicted molar refractivity (Wildman–Crippen MR) is 69.1 cm³/mol. The zero-order chi connectivity index (χ0) is 13.1. The van der Waals surface area contributed by atoms with Crippen LogP contribution in [0, 0.1) is 0 Å². The molecule has 7 heteroatoms. The first-order valence-corrected chi connectivity index (χ1v) is 6.49. The summed E-state index contributed by atoms with van der Waals surface area (Å²) in [6, 6.07) is 1.71. The first-order chi connectivity index (χ1) is 8.58. The van der Waals surface area contributed by atoms with Gasteiger partial charge in [0.15, 0.2) is 0 Å². The number of aryl methyl sites for hydroxylation is 1. The number of amides is 2. The second-order valence-corrected chi connectivity index (χ2v) is 4.85. The molecule has 0 spiro atoms. The molecule has 0 unspecified atom stereocenters. The number of carbonyl (C=O) groups excluding carboxylic acids is 2. The highest BCUT2D eigenvalue weighted by molar-refractivity contribution is 9.10. The van der Waals surface area contributed by atoms with Crippen LogP contribution in [0.25, 0.3) is 0 Å². The molecule has 96 valence electrons. The average Bonchev–Trinajstić information content (AvgIpc) is 2.27. The van der Waals surface area contributed by atoms with E-state index in [1.54, 1.807) is 11.0 Å². The first-order valence-electron chi connectivity index (χ1n) is 5.69. The van der Waals surface area contributed by atoms with Crippen molar-refractivity contribution in [3.8, 4) is 0 Å². The van der Waals surface area contributed by atoms with Crippen molar-refractivity contribution in [2.75, 3.05) is 18.0 Å². The maximum Gasteiger partial charge on any atom is 0.246 e. The van der Waals surface area contributed by atoms with Gasteiger partial charge >= 0.3 is 0 Å². The van der Waals surface area contributed by atoms with E-state index in [1.807, 2.05) is 6.92 Å². The van der Waals surface area contributed by atoms with Gasteiger partial charge in [-0.2, -0.15) is 0 Å². The summed E-state index contributed by atoms with van der Waals surface area (Å²) in [5, 5.41) is 2.26. The molecule has 2 rings (SSSR count). The lowest BCUT2D eigenvalue weighted by molar-refractivity contribution is -0.130. The van der Waals surface area contributed by atoms with Crippen LogP contribution in [-0.2, 0) is 16.0 Å². The summed E-state index contributed by atoms with van der Waals surface area (Å²) >= 11 is 3.32. The fourth-order valence-electron chi connectivity index (χ4n) is 1.75. The van der Waals surface area contributed by atoms with Crippen LogP contribution in [0.4, 0.5) is 5.82 Å². The van der Waals surface area contributed by atoms with Gasteiger partial charge in [0, 0.05) is 12.5 Å². The van der Waals surface area contributed by atoms with Crippen LogP contribution in [0.2, 0.25) is 0 Å². The Hall–Kier alpha value is -1.50. The second-order valence-electron chi connectivity index (χ2n) is 4.04. The van der Waals surface area contributed by atoms with Gasteiger partial charge in [-0.25, -0.2) is 9.97 Å². The molecule has 2 amide bonds. The number of hydrogen-bond acceptors (Lipinski definition) is 5. The molecule has 1 aromatic heterocycles. The summed E-state index contributed by atoms with van der Waals surface area (Å²) in [5.41, 5.74) is 0. The molecule has 0 atom stereocenters. The smallest absolute Gasteiger partial charge is 0.246 e.